The third kappa shape index (κ3) is 3.20. The first-order chi connectivity index (χ1) is 11.9. The van der Waals surface area contributed by atoms with E-state index in [2.05, 4.69) is 10.1 Å². The Balaban J connectivity index is 2.19. The number of hydrogen-bond donors (Lipinski definition) is 1. The number of nitrogens with zero attached hydrogens (tertiary/aromatic N) is 4. The fourth-order valence-corrected chi connectivity index (χ4v) is 2.92. The molecule has 0 aliphatic rings. The summed E-state index contributed by atoms with van der Waals surface area (Å²) in [6.45, 7) is 1.97. The van der Waals surface area contributed by atoms with Crippen molar-refractivity contribution in [2.45, 2.75) is 13.3 Å². The van der Waals surface area contributed by atoms with Crippen molar-refractivity contribution in [2.24, 2.45) is 4.99 Å². The van der Waals surface area contributed by atoms with Crippen LogP contribution < -0.4 is 10.1 Å². The SMILES string of the molecule is CCc1cc2c(C(=O)N=c3c(Cl)cn(O)cc3Cl)ccc(OC)n2n1. The molecule has 0 fully saturated rings. The van der Waals surface area contributed by atoms with E-state index in [9.17, 15) is 10.0 Å². The molecule has 0 radical (unpaired) electrons. The third-order valence-corrected chi connectivity index (χ3v) is 4.15. The normalized spacial score (nSPS) is 10.9. The van der Waals surface area contributed by atoms with Gasteiger partial charge in [-0.25, -0.2) is 9.51 Å². The number of halogens is 2. The predicted molar refractivity (Wildman–Crippen MR) is 92.7 cm³/mol. The smallest absolute Gasteiger partial charge is 0.279 e. The molecule has 7 nitrogen and oxygen atoms in total. The zero-order valence-electron chi connectivity index (χ0n) is 13.4. The molecule has 3 heterocycles. The van der Waals surface area contributed by atoms with Gasteiger partial charge in [-0.05, 0) is 18.6 Å². The maximum atomic E-state index is 12.7. The average molecular weight is 381 g/mol. The van der Waals surface area contributed by atoms with Crippen molar-refractivity contribution in [2.75, 3.05) is 7.11 Å². The van der Waals surface area contributed by atoms with Crippen LogP contribution in [0.3, 0.4) is 0 Å². The molecule has 0 aliphatic heterocycles. The monoisotopic (exact) mass is 380 g/mol. The summed E-state index contributed by atoms with van der Waals surface area (Å²) in [4.78, 5) is 16.7. The standard InChI is InChI=1S/C16H14Cl2N4O3/c1-3-9-6-13-10(4-5-14(25-2)22(13)20-9)16(23)19-15-11(17)7-21(24)8-12(15)18/h4-8,24H,3H2,1-2H3. The summed E-state index contributed by atoms with van der Waals surface area (Å²) < 4.78 is 7.53. The van der Waals surface area contributed by atoms with Gasteiger partial charge < -0.3 is 9.94 Å². The molecule has 9 heteroatoms. The maximum absolute atomic E-state index is 12.7. The van der Waals surface area contributed by atoms with Gasteiger partial charge in [0.15, 0.2) is 0 Å². The van der Waals surface area contributed by atoms with E-state index in [1.54, 1.807) is 22.7 Å². The van der Waals surface area contributed by atoms with Crippen LogP contribution in [-0.4, -0.2) is 32.6 Å². The zero-order chi connectivity index (χ0) is 18.1. The molecule has 0 spiro atoms. The molecule has 0 aromatic carbocycles. The van der Waals surface area contributed by atoms with Gasteiger partial charge in [-0.1, -0.05) is 30.1 Å². The predicted octanol–water partition coefficient (Wildman–Crippen LogP) is 2.99. The Hall–Kier alpha value is -2.51. The van der Waals surface area contributed by atoms with E-state index in [1.165, 1.54) is 19.5 Å². The number of aryl methyl sites for hydroxylation is 1. The molecule has 1 N–H and O–H groups in total. The summed E-state index contributed by atoms with van der Waals surface area (Å²) in [5, 5.41) is 14.0. The largest absolute Gasteiger partial charge is 0.481 e. The summed E-state index contributed by atoms with van der Waals surface area (Å²) >= 11 is 12.0. The van der Waals surface area contributed by atoms with Crippen LogP contribution in [0.25, 0.3) is 5.52 Å². The lowest BCUT2D eigenvalue weighted by Gasteiger charge is -2.06. The van der Waals surface area contributed by atoms with E-state index in [1.807, 2.05) is 6.92 Å². The molecule has 0 aliphatic carbocycles. The van der Waals surface area contributed by atoms with Crippen molar-refractivity contribution in [1.29, 1.82) is 0 Å². The number of carbonyl (C=O) groups is 1. The van der Waals surface area contributed by atoms with Crippen LogP contribution in [0, 0.1) is 0 Å². The minimum Gasteiger partial charge on any atom is -0.481 e. The third-order valence-electron chi connectivity index (χ3n) is 3.60. The number of methoxy groups -OCH3 is 1. The lowest BCUT2D eigenvalue weighted by molar-refractivity contribution is 0.0999. The Morgan fingerprint density at radius 3 is 2.60 bits per heavy atom. The molecule has 3 aromatic rings. The number of amides is 1. The van der Waals surface area contributed by atoms with Gasteiger partial charge >= 0.3 is 0 Å². The summed E-state index contributed by atoms with van der Waals surface area (Å²) in [5.74, 6) is -0.0296. The van der Waals surface area contributed by atoms with Gasteiger partial charge in [-0.2, -0.15) is 9.83 Å². The minimum atomic E-state index is -0.533. The van der Waals surface area contributed by atoms with Crippen molar-refractivity contribution >= 4 is 34.6 Å². The van der Waals surface area contributed by atoms with Crippen molar-refractivity contribution in [3.63, 3.8) is 0 Å². The number of aromatic nitrogens is 3. The number of carbonyl (C=O) groups excluding carboxylic acids is 1. The van der Waals surface area contributed by atoms with Crippen molar-refractivity contribution in [1.82, 2.24) is 14.3 Å². The topological polar surface area (TPSA) is 81.1 Å². The maximum Gasteiger partial charge on any atom is 0.279 e. The first kappa shape index (κ1) is 17.3. The highest BCUT2D eigenvalue weighted by atomic mass is 35.5. The highest BCUT2D eigenvalue weighted by molar-refractivity contribution is 6.34. The summed E-state index contributed by atoms with van der Waals surface area (Å²) in [5.41, 5.74) is 1.72. The number of ether oxygens (including phenoxy) is 1. The van der Waals surface area contributed by atoms with E-state index in [0.29, 0.717) is 28.1 Å². The van der Waals surface area contributed by atoms with Crippen LogP contribution in [0.2, 0.25) is 10.0 Å². The van der Waals surface area contributed by atoms with E-state index in [0.717, 1.165) is 5.69 Å². The van der Waals surface area contributed by atoms with E-state index >= 15 is 0 Å². The highest BCUT2D eigenvalue weighted by Crippen LogP contribution is 2.21. The second kappa shape index (κ2) is 6.78. The minimum absolute atomic E-state index is 0.0515. The van der Waals surface area contributed by atoms with Gasteiger partial charge in [-0.15, -0.1) is 0 Å². The molecule has 3 rings (SSSR count). The lowest BCUT2D eigenvalue weighted by atomic mass is 10.2. The number of hydrogen-bond acceptors (Lipinski definition) is 4. The van der Waals surface area contributed by atoms with E-state index < -0.39 is 5.91 Å². The molecule has 25 heavy (non-hydrogen) atoms. The second-order valence-electron chi connectivity index (χ2n) is 5.18. The first-order valence-corrected chi connectivity index (χ1v) is 8.11. The van der Waals surface area contributed by atoms with Crippen molar-refractivity contribution in [3.05, 3.63) is 57.3 Å². The molecule has 0 atom stereocenters. The van der Waals surface area contributed by atoms with Crippen molar-refractivity contribution < 1.29 is 14.7 Å². The summed E-state index contributed by atoms with van der Waals surface area (Å²) in [6, 6.07) is 5.05. The summed E-state index contributed by atoms with van der Waals surface area (Å²) in [6.07, 6.45) is 3.09. The first-order valence-electron chi connectivity index (χ1n) is 7.35. The molecule has 0 unspecified atom stereocenters. The van der Waals surface area contributed by atoms with Crippen LogP contribution in [0.4, 0.5) is 0 Å². The van der Waals surface area contributed by atoms with E-state index in [-0.39, 0.29) is 15.4 Å². The van der Waals surface area contributed by atoms with Crippen LogP contribution >= 0.6 is 23.2 Å². The Morgan fingerprint density at radius 1 is 1.32 bits per heavy atom. The molecular formula is C16H14Cl2N4O3. The fraction of sp³-hybridized carbons (Fsp3) is 0.188. The number of fused-ring (bicyclic) bond motifs is 1. The number of rotatable bonds is 3. The zero-order valence-corrected chi connectivity index (χ0v) is 14.9. The van der Waals surface area contributed by atoms with Gasteiger partial charge in [0, 0.05) is 6.07 Å². The molecule has 130 valence electrons. The Labute approximate surface area is 152 Å². The van der Waals surface area contributed by atoms with Crippen LogP contribution in [-0.2, 0) is 6.42 Å². The Kier molecular flexibility index (Phi) is 4.69. The molecule has 1 amide bonds. The van der Waals surface area contributed by atoms with Gasteiger partial charge in [0.2, 0.25) is 5.88 Å². The molecule has 0 bridgehead atoms. The summed E-state index contributed by atoms with van der Waals surface area (Å²) in [7, 11) is 1.53. The Bertz CT molecular complexity index is 1010. The quantitative estimate of drug-likeness (QED) is 0.708. The van der Waals surface area contributed by atoms with Crippen LogP contribution in [0.5, 0.6) is 5.88 Å². The number of pyridine rings is 2. The van der Waals surface area contributed by atoms with E-state index in [4.69, 9.17) is 27.9 Å². The lowest BCUT2D eigenvalue weighted by Crippen LogP contribution is -2.13. The van der Waals surface area contributed by atoms with Crippen LogP contribution in [0.1, 0.15) is 23.0 Å². The van der Waals surface area contributed by atoms with Gasteiger partial charge in [0.25, 0.3) is 5.91 Å². The highest BCUT2D eigenvalue weighted by Gasteiger charge is 2.16. The van der Waals surface area contributed by atoms with Gasteiger partial charge in [0.05, 0.1) is 46.3 Å². The molecule has 3 aromatic heterocycles. The van der Waals surface area contributed by atoms with Crippen molar-refractivity contribution in [3.8, 4) is 5.88 Å². The Morgan fingerprint density at radius 2 is 2.00 bits per heavy atom. The molecule has 0 saturated heterocycles. The van der Waals surface area contributed by atoms with Gasteiger partial charge in [0.1, 0.15) is 5.36 Å². The molecule has 0 saturated carbocycles. The van der Waals surface area contributed by atoms with Gasteiger partial charge in [-0.3, -0.25) is 4.79 Å². The molecular weight excluding hydrogens is 367 g/mol. The van der Waals surface area contributed by atoms with Crippen LogP contribution in [0.15, 0.2) is 35.6 Å². The average Bonchev–Trinajstić information content (AvgIpc) is 3.01. The fourth-order valence-electron chi connectivity index (χ4n) is 2.38. The second-order valence-corrected chi connectivity index (χ2v) is 5.99.